The number of halogens is 2. The van der Waals surface area contributed by atoms with Crippen molar-refractivity contribution in [1.82, 2.24) is 25.1 Å². The monoisotopic (exact) mass is 430 g/mol. The molecule has 154 valence electrons. The van der Waals surface area contributed by atoms with Crippen LogP contribution in [-0.4, -0.2) is 42.3 Å². The molecule has 3 N–H and O–H groups in total. The Balaban J connectivity index is 1.87. The van der Waals surface area contributed by atoms with Crippen LogP contribution in [-0.2, 0) is 4.79 Å². The van der Waals surface area contributed by atoms with E-state index in [2.05, 4.69) is 30.5 Å². The van der Waals surface area contributed by atoms with Crippen LogP contribution in [0.15, 0.2) is 29.8 Å². The molecule has 0 aliphatic rings. The van der Waals surface area contributed by atoms with Crippen molar-refractivity contribution in [3.05, 3.63) is 41.4 Å². The molecule has 0 unspecified atom stereocenters. The Morgan fingerprint density at radius 2 is 2.07 bits per heavy atom. The van der Waals surface area contributed by atoms with Crippen LogP contribution in [0.5, 0.6) is 0 Å². The van der Waals surface area contributed by atoms with E-state index >= 15 is 4.39 Å². The molecule has 0 saturated carbocycles. The second-order valence-corrected chi connectivity index (χ2v) is 7.67. The molecule has 0 bridgehead atoms. The minimum absolute atomic E-state index is 0.0354. The largest absolute Gasteiger partial charge is 0.481 e. The topological polar surface area (TPSA) is 117 Å². The minimum atomic E-state index is -1.02. The first-order valence-electron chi connectivity index (χ1n) is 8.96. The maximum Gasteiger partial charge on any atom is 0.308 e. The second kappa shape index (κ2) is 7.75. The fourth-order valence-corrected chi connectivity index (χ4v) is 3.54. The third-order valence-electron chi connectivity index (χ3n) is 4.70. The number of carbonyl (C=O) groups is 1. The molecule has 8 nitrogen and oxygen atoms in total. The van der Waals surface area contributed by atoms with Crippen LogP contribution in [0.3, 0.4) is 0 Å². The number of hydrogen-bond donors (Lipinski definition) is 3. The van der Waals surface area contributed by atoms with E-state index in [9.17, 15) is 14.3 Å². The van der Waals surface area contributed by atoms with Gasteiger partial charge in [-0.15, -0.1) is 11.3 Å². The van der Waals surface area contributed by atoms with E-state index in [-0.39, 0.29) is 23.0 Å². The van der Waals surface area contributed by atoms with Crippen molar-refractivity contribution in [1.29, 1.82) is 0 Å². The zero-order valence-corrected chi connectivity index (χ0v) is 16.7. The number of carboxylic acids is 1. The smallest absolute Gasteiger partial charge is 0.308 e. The van der Waals surface area contributed by atoms with E-state index < -0.39 is 29.6 Å². The maximum absolute atomic E-state index is 15.2. The molecule has 4 aromatic rings. The molecule has 30 heavy (non-hydrogen) atoms. The molecule has 0 aliphatic carbocycles. The van der Waals surface area contributed by atoms with Crippen molar-refractivity contribution < 1.29 is 18.7 Å². The Hall–Kier alpha value is -3.47. The number of aliphatic carboxylic acids is 1. The van der Waals surface area contributed by atoms with Gasteiger partial charge in [-0.25, -0.2) is 23.7 Å². The number of nitrogens with one attached hydrogen (secondary N) is 2. The van der Waals surface area contributed by atoms with E-state index in [4.69, 9.17) is 0 Å². The number of pyridine rings is 1. The molecule has 0 spiro atoms. The Kier molecular flexibility index (Phi) is 5.12. The van der Waals surface area contributed by atoms with Gasteiger partial charge < -0.3 is 10.4 Å². The lowest BCUT2D eigenvalue weighted by atomic mass is 10.0. The van der Waals surface area contributed by atoms with E-state index in [0.29, 0.717) is 15.9 Å². The summed E-state index contributed by atoms with van der Waals surface area (Å²) < 4.78 is 29.0. The Morgan fingerprint density at radius 1 is 1.27 bits per heavy atom. The second-order valence-electron chi connectivity index (χ2n) is 6.72. The summed E-state index contributed by atoms with van der Waals surface area (Å²) in [7, 11) is 0. The van der Waals surface area contributed by atoms with Crippen LogP contribution in [0, 0.1) is 17.6 Å². The lowest BCUT2D eigenvalue weighted by Gasteiger charge is -2.19. The average Bonchev–Trinajstić information content (AvgIpc) is 3.38. The number of fused-ring (bicyclic) bond motifs is 1. The number of aromatic nitrogens is 5. The van der Waals surface area contributed by atoms with E-state index in [1.807, 2.05) is 0 Å². The summed E-state index contributed by atoms with van der Waals surface area (Å²) in [5.74, 6) is -3.20. The summed E-state index contributed by atoms with van der Waals surface area (Å²) in [5, 5.41) is 21.0. The molecule has 11 heteroatoms. The van der Waals surface area contributed by atoms with Crippen LogP contribution >= 0.6 is 11.3 Å². The zero-order valence-electron chi connectivity index (χ0n) is 15.8. The van der Waals surface area contributed by atoms with Crippen LogP contribution in [0.25, 0.3) is 33.1 Å². The maximum atomic E-state index is 15.2. The van der Waals surface area contributed by atoms with Crippen LogP contribution in [0.1, 0.15) is 13.8 Å². The third kappa shape index (κ3) is 3.59. The van der Waals surface area contributed by atoms with E-state index in [0.717, 1.165) is 6.20 Å². The predicted molar refractivity (Wildman–Crippen MR) is 108 cm³/mol. The molecule has 0 amide bonds. The van der Waals surface area contributed by atoms with Crippen LogP contribution < -0.4 is 5.32 Å². The number of nitrogens with zero attached hydrogens (tertiary/aromatic N) is 4. The highest BCUT2D eigenvalue weighted by atomic mass is 32.1. The summed E-state index contributed by atoms with van der Waals surface area (Å²) in [4.78, 5) is 24.3. The van der Waals surface area contributed by atoms with Gasteiger partial charge in [0.05, 0.1) is 22.4 Å². The molecule has 0 aliphatic heterocycles. The fraction of sp³-hybridized carbons (Fsp3) is 0.211. The summed E-state index contributed by atoms with van der Waals surface area (Å²) in [5.41, 5.74) is 0.573. The van der Waals surface area contributed by atoms with Crippen molar-refractivity contribution in [2.75, 3.05) is 5.32 Å². The number of rotatable bonds is 6. The lowest BCUT2D eigenvalue weighted by Crippen LogP contribution is -2.30. The van der Waals surface area contributed by atoms with Gasteiger partial charge >= 0.3 is 5.97 Å². The van der Waals surface area contributed by atoms with Gasteiger partial charge in [0.2, 0.25) is 0 Å². The molecule has 0 saturated heterocycles. The average molecular weight is 430 g/mol. The summed E-state index contributed by atoms with van der Waals surface area (Å²) >= 11 is 1.29. The van der Waals surface area contributed by atoms with Crippen molar-refractivity contribution in [2.45, 2.75) is 19.9 Å². The number of hydrogen-bond acceptors (Lipinski definition) is 7. The van der Waals surface area contributed by atoms with Crippen molar-refractivity contribution >= 4 is 34.2 Å². The van der Waals surface area contributed by atoms with Crippen molar-refractivity contribution in [3.8, 4) is 22.1 Å². The van der Waals surface area contributed by atoms with Crippen LogP contribution in [0.4, 0.5) is 14.6 Å². The summed E-state index contributed by atoms with van der Waals surface area (Å²) in [6.45, 7) is 3.13. The van der Waals surface area contributed by atoms with Gasteiger partial charge in [0, 0.05) is 6.04 Å². The highest BCUT2D eigenvalue weighted by Crippen LogP contribution is 2.33. The van der Waals surface area contributed by atoms with Gasteiger partial charge in [0.15, 0.2) is 23.1 Å². The van der Waals surface area contributed by atoms with Crippen LogP contribution in [0.2, 0.25) is 0 Å². The standard InChI is InChI=1S/C19H16F2N6O2S/c1-8(19(28)29)9(2)23-17-13(21)15(12-4-3-5-30-12)24-18(25-17)14-11-6-10(20)7-22-16(11)27-26-14/h3-9H,1-2H3,(H,28,29)(H,22,26,27)(H,23,24,25)/t8-,9-/m0/s1. The van der Waals surface area contributed by atoms with E-state index in [1.165, 1.54) is 24.3 Å². The SMILES string of the molecule is C[C@H](Nc1nc(-c2n[nH]c3ncc(F)cc23)nc(-c2cccs2)c1F)[C@H](C)C(=O)O. The Morgan fingerprint density at radius 3 is 2.77 bits per heavy atom. The van der Waals surface area contributed by atoms with E-state index in [1.54, 1.807) is 24.4 Å². The number of anilines is 1. The highest BCUT2D eigenvalue weighted by Gasteiger charge is 2.25. The first kappa shape index (κ1) is 19.8. The molecular weight excluding hydrogens is 414 g/mol. The molecule has 4 rings (SSSR count). The summed E-state index contributed by atoms with van der Waals surface area (Å²) in [6.07, 6.45) is 1.05. The number of H-pyrrole nitrogens is 1. The molecule has 0 aromatic carbocycles. The zero-order chi connectivity index (χ0) is 21.4. The predicted octanol–water partition coefficient (Wildman–Crippen LogP) is 3.94. The normalized spacial score (nSPS) is 13.3. The molecule has 2 atom stereocenters. The quantitative estimate of drug-likeness (QED) is 0.424. The van der Waals surface area contributed by atoms with Crippen molar-refractivity contribution in [2.24, 2.45) is 5.92 Å². The first-order chi connectivity index (χ1) is 14.3. The Labute approximate surface area is 173 Å². The third-order valence-corrected chi connectivity index (χ3v) is 5.58. The number of aromatic amines is 1. The first-order valence-corrected chi connectivity index (χ1v) is 9.84. The number of thiophene rings is 1. The van der Waals surface area contributed by atoms with Gasteiger partial charge in [-0.3, -0.25) is 9.89 Å². The molecular formula is C19H16F2N6O2S. The van der Waals surface area contributed by atoms with Gasteiger partial charge in [-0.05, 0) is 31.4 Å². The lowest BCUT2D eigenvalue weighted by molar-refractivity contribution is -0.141. The molecule has 0 fully saturated rings. The molecule has 4 aromatic heterocycles. The van der Waals surface area contributed by atoms with Gasteiger partial charge in [0.1, 0.15) is 17.2 Å². The van der Waals surface area contributed by atoms with Gasteiger partial charge in [-0.2, -0.15) is 5.10 Å². The highest BCUT2D eigenvalue weighted by molar-refractivity contribution is 7.13. The van der Waals surface area contributed by atoms with Gasteiger partial charge in [0.25, 0.3) is 0 Å². The van der Waals surface area contributed by atoms with Crippen molar-refractivity contribution in [3.63, 3.8) is 0 Å². The molecule has 4 heterocycles. The Bertz CT molecular complexity index is 1230. The number of carboxylic acid groups (broad SMARTS) is 1. The fourth-order valence-electron chi connectivity index (χ4n) is 2.83. The summed E-state index contributed by atoms with van der Waals surface area (Å²) in [6, 6.07) is 4.08. The minimum Gasteiger partial charge on any atom is -0.481 e. The molecule has 0 radical (unpaired) electrons. The van der Waals surface area contributed by atoms with Gasteiger partial charge in [-0.1, -0.05) is 6.07 Å².